The van der Waals surface area contributed by atoms with E-state index in [-0.39, 0.29) is 5.91 Å². The maximum Gasteiger partial charge on any atom is 0.251 e. The van der Waals surface area contributed by atoms with Crippen molar-refractivity contribution in [3.05, 3.63) is 36.2 Å². The molecule has 2 rings (SSSR count). The van der Waals surface area contributed by atoms with Gasteiger partial charge in [0.2, 0.25) is 0 Å². The number of terminal acetylenes is 1. The van der Waals surface area contributed by atoms with Gasteiger partial charge in [-0.25, -0.2) is 0 Å². The predicted octanol–water partition coefficient (Wildman–Crippen LogP) is 1.77. The number of amides is 1. The monoisotopic (exact) mass is 239 g/mol. The molecule has 0 radical (unpaired) electrons. The number of benzene rings is 1. The molecule has 0 saturated carbocycles. The summed E-state index contributed by atoms with van der Waals surface area (Å²) in [5, 5.41) is 2.82. The standard InChI is InChI=1S/C14H13N3O/c1-2-3-4-7-17-14(18)11-5-6-12-13(10-11)16-9-8-15-12/h1,5-6,8-10H,3-4,7H2,(H,17,18). The van der Waals surface area contributed by atoms with Gasteiger partial charge in [0, 0.05) is 30.9 Å². The Morgan fingerprint density at radius 1 is 1.28 bits per heavy atom. The lowest BCUT2D eigenvalue weighted by atomic mass is 10.2. The van der Waals surface area contributed by atoms with Crippen LogP contribution in [0.4, 0.5) is 0 Å². The fraction of sp³-hybridized carbons (Fsp3) is 0.214. The summed E-state index contributed by atoms with van der Waals surface area (Å²) in [6.07, 6.45) is 9.83. The van der Waals surface area contributed by atoms with Crippen LogP contribution in [0.25, 0.3) is 11.0 Å². The number of unbranched alkanes of at least 4 members (excludes halogenated alkanes) is 1. The van der Waals surface area contributed by atoms with Crippen LogP contribution in [-0.4, -0.2) is 22.4 Å². The molecule has 0 aliphatic carbocycles. The molecular formula is C14H13N3O. The number of nitrogens with zero attached hydrogens (tertiary/aromatic N) is 2. The van der Waals surface area contributed by atoms with Crippen molar-refractivity contribution in [2.45, 2.75) is 12.8 Å². The Balaban J connectivity index is 2.06. The minimum Gasteiger partial charge on any atom is -0.352 e. The molecule has 4 heteroatoms. The molecule has 90 valence electrons. The smallest absolute Gasteiger partial charge is 0.251 e. The van der Waals surface area contributed by atoms with E-state index in [0.717, 1.165) is 11.9 Å². The molecule has 4 nitrogen and oxygen atoms in total. The zero-order valence-corrected chi connectivity index (χ0v) is 9.89. The average molecular weight is 239 g/mol. The number of nitrogens with one attached hydrogen (secondary N) is 1. The third-order valence-electron chi connectivity index (χ3n) is 2.51. The Kier molecular flexibility index (Phi) is 3.87. The number of aromatic nitrogens is 2. The summed E-state index contributed by atoms with van der Waals surface area (Å²) < 4.78 is 0. The summed E-state index contributed by atoms with van der Waals surface area (Å²) in [6, 6.07) is 5.27. The topological polar surface area (TPSA) is 54.9 Å². The average Bonchev–Trinajstić information content (AvgIpc) is 2.43. The highest BCUT2D eigenvalue weighted by molar-refractivity contribution is 5.97. The molecule has 0 atom stereocenters. The van der Waals surface area contributed by atoms with Crippen LogP contribution in [0, 0.1) is 12.3 Å². The highest BCUT2D eigenvalue weighted by Crippen LogP contribution is 2.10. The van der Waals surface area contributed by atoms with Crippen LogP contribution in [0.5, 0.6) is 0 Å². The van der Waals surface area contributed by atoms with Crippen LogP contribution in [0.2, 0.25) is 0 Å². The summed E-state index contributed by atoms with van der Waals surface area (Å²) >= 11 is 0. The maximum atomic E-state index is 11.8. The zero-order chi connectivity index (χ0) is 12.8. The lowest BCUT2D eigenvalue weighted by molar-refractivity contribution is 0.0953. The summed E-state index contributed by atoms with van der Waals surface area (Å²) in [6.45, 7) is 0.585. The second-order valence-corrected chi connectivity index (χ2v) is 3.82. The number of hydrogen-bond donors (Lipinski definition) is 1. The van der Waals surface area contributed by atoms with Crippen molar-refractivity contribution in [1.82, 2.24) is 15.3 Å². The minimum absolute atomic E-state index is 0.112. The molecule has 0 spiro atoms. The lowest BCUT2D eigenvalue weighted by Gasteiger charge is -2.04. The van der Waals surface area contributed by atoms with Gasteiger partial charge in [0.15, 0.2) is 0 Å². The highest BCUT2D eigenvalue weighted by atomic mass is 16.1. The number of rotatable bonds is 4. The molecule has 1 aromatic carbocycles. The molecule has 1 amide bonds. The van der Waals surface area contributed by atoms with Crippen LogP contribution in [0.15, 0.2) is 30.6 Å². The fourth-order valence-electron chi connectivity index (χ4n) is 1.60. The van der Waals surface area contributed by atoms with Crippen LogP contribution in [0.3, 0.4) is 0 Å². The first-order chi connectivity index (χ1) is 8.81. The summed E-state index contributed by atoms with van der Waals surface area (Å²) in [5.41, 5.74) is 2.08. The van der Waals surface area contributed by atoms with E-state index in [1.807, 2.05) is 0 Å². The molecule has 1 aromatic heterocycles. The quantitative estimate of drug-likeness (QED) is 0.653. The minimum atomic E-state index is -0.112. The van der Waals surface area contributed by atoms with E-state index in [0.29, 0.717) is 24.0 Å². The Morgan fingerprint density at radius 2 is 2.06 bits per heavy atom. The van der Waals surface area contributed by atoms with Gasteiger partial charge in [-0.2, -0.15) is 0 Å². The van der Waals surface area contributed by atoms with E-state index < -0.39 is 0 Å². The molecule has 0 saturated heterocycles. The first kappa shape index (κ1) is 12.1. The zero-order valence-electron chi connectivity index (χ0n) is 9.89. The van der Waals surface area contributed by atoms with E-state index >= 15 is 0 Å². The Hall–Kier alpha value is -2.41. The van der Waals surface area contributed by atoms with Crippen molar-refractivity contribution in [2.75, 3.05) is 6.54 Å². The molecule has 0 aliphatic heterocycles. The molecule has 0 aliphatic rings. The van der Waals surface area contributed by atoms with Gasteiger partial charge in [0.25, 0.3) is 5.91 Å². The lowest BCUT2D eigenvalue weighted by Crippen LogP contribution is -2.24. The number of hydrogen-bond acceptors (Lipinski definition) is 3. The molecule has 1 N–H and O–H groups in total. The van der Waals surface area contributed by atoms with Gasteiger partial charge < -0.3 is 5.32 Å². The van der Waals surface area contributed by atoms with Crippen LogP contribution >= 0.6 is 0 Å². The van der Waals surface area contributed by atoms with E-state index in [1.54, 1.807) is 30.6 Å². The van der Waals surface area contributed by atoms with Crippen molar-refractivity contribution < 1.29 is 4.79 Å². The van der Waals surface area contributed by atoms with Gasteiger partial charge in [0.05, 0.1) is 11.0 Å². The van der Waals surface area contributed by atoms with Gasteiger partial charge in [-0.1, -0.05) is 0 Å². The van der Waals surface area contributed by atoms with Crippen molar-refractivity contribution in [3.8, 4) is 12.3 Å². The van der Waals surface area contributed by atoms with E-state index in [1.165, 1.54) is 0 Å². The summed E-state index contributed by atoms with van der Waals surface area (Å²) in [4.78, 5) is 20.2. The molecule has 0 bridgehead atoms. The van der Waals surface area contributed by atoms with Crippen molar-refractivity contribution in [1.29, 1.82) is 0 Å². The third kappa shape index (κ3) is 2.83. The normalized spacial score (nSPS) is 9.94. The molecule has 2 aromatic rings. The van der Waals surface area contributed by atoms with Crippen LogP contribution in [0.1, 0.15) is 23.2 Å². The number of carbonyl (C=O) groups excluding carboxylic acids is 1. The Labute approximate surface area is 105 Å². The summed E-state index contributed by atoms with van der Waals surface area (Å²) in [7, 11) is 0. The van der Waals surface area contributed by atoms with Gasteiger partial charge in [0.1, 0.15) is 0 Å². The Morgan fingerprint density at radius 3 is 2.83 bits per heavy atom. The SMILES string of the molecule is C#CCCCNC(=O)c1ccc2nccnc2c1. The van der Waals surface area contributed by atoms with E-state index in [2.05, 4.69) is 21.2 Å². The number of fused-ring (bicyclic) bond motifs is 1. The van der Waals surface area contributed by atoms with Gasteiger partial charge in [-0.15, -0.1) is 12.3 Å². The molecular weight excluding hydrogens is 226 g/mol. The summed E-state index contributed by atoms with van der Waals surface area (Å²) in [5.74, 6) is 2.42. The number of carbonyl (C=O) groups is 1. The van der Waals surface area contributed by atoms with Crippen LogP contribution < -0.4 is 5.32 Å². The van der Waals surface area contributed by atoms with Gasteiger partial charge >= 0.3 is 0 Å². The fourth-order valence-corrected chi connectivity index (χ4v) is 1.60. The first-order valence-corrected chi connectivity index (χ1v) is 5.73. The van der Waals surface area contributed by atoms with E-state index in [9.17, 15) is 4.79 Å². The predicted molar refractivity (Wildman–Crippen MR) is 69.9 cm³/mol. The van der Waals surface area contributed by atoms with E-state index in [4.69, 9.17) is 6.42 Å². The van der Waals surface area contributed by atoms with Crippen molar-refractivity contribution >= 4 is 16.9 Å². The molecule has 0 fully saturated rings. The highest BCUT2D eigenvalue weighted by Gasteiger charge is 2.06. The maximum absolute atomic E-state index is 11.8. The molecule has 0 unspecified atom stereocenters. The van der Waals surface area contributed by atoms with Crippen LogP contribution in [-0.2, 0) is 0 Å². The second kappa shape index (κ2) is 5.78. The molecule has 1 heterocycles. The van der Waals surface area contributed by atoms with Gasteiger partial charge in [-0.3, -0.25) is 14.8 Å². The third-order valence-corrected chi connectivity index (χ3v) is 2.51. The molecule has 18 heavy (non-hydrogen) atoms. The second-order valence-electron chi connectivity index (χ2n) is 3.82. The van der Waals surface area contributed by atoms with Gasteiger partial charge in [-0.05, 0) is 24.6 Å². The largest absolute Gasteiger partial charge is 0.352 e. The Bertz CT molecular complexity index is 601. The van der Waals surface area contributed by atoms with Crippen molar-refractivity contribution in [3.63, 3.8) is 0 Å². The van der Waals surface area contributed by atoms with Crippen molar-refractivity contribution in [2.24, 2.45) is 0 Å². The first-order valence-electron chi connectivity index (χ1n) is 5.73.